The van der Waals surface area contributed by atoms with Crippen LogP contribution >= 0.6 is 0 Å². The lowest BCUT2D eigenvalue weighted by molar-refractivity contribution is -0.141. The van der Waals surface area contributed by atoms with Crippen molar-refractivity contribution < 1.29 is 42.1 Å². The van der Waals surface area contributed by atoms with Crippen LogP contribution < -0.4 is 0 Å². The minimum absolute atomic E-state index is 0.0383. The highest BCUT2D eigenvalue weighted by Gasteiger charge is 2.45. The highest BCUT2D eigenvalue weighted by Crippen LogP contribution is 2.42. The van der Waals surface area contributed by atoms with Gasteiger partial charge in [0.15, 0.2) is 17.9 Å². The van der Waals surface area contributed by atoms with Crippen LogP contribution in [-0.2, 0) is 36.6 Å². The van der Waals surface area contributed by atoms with Gasteiger partial charge in [-0.3, -0.25) is 9.59 Å². The minimum atomic E-state index is -4.71. The Morgan fingerprint density at radius 1 is 1.19 bits per heavy atom. The van der Waals surface area contributed by atoms with E-state index in [0.717, 1.165) is 6.07 Å². The molecule has 1 heterocycles. The third kappa shape index (κ3) is 5.19. The van der Waals surface area contributed by atoms with Gasteiger partial charge in [0.2, 0.25) is 0 Å². The van der Waals surface area contributed by atoms with Gasteiger partial charge in [0, 0.05) is 24.5 Å². The fourth-order valence-corrected chi connectivity index (χ4v) is 4.10. The van der Waals surface area contributed by atoms with Crippen molar-refractivity contribution in [3.05, 3.63) is 34.7 Å². The summed E-state index contributed by atoms with van der Waals surface area (Å²) >= 11 is 0. The standard InChI is InChI=1S/C22H26F3NO6/c1-3-17(30-2)32-9-8-31-11-15-14(6-7-16(26-15)22(23,24)25)21(29)18-19(27)12-4-5-13(10-12)20(18)28/h6-7,12-13,17,29H,3-5,8-11H2,1-2H3. The first-order valence-corrected chi connectivity index (χ1v) is 10.5. The number of ether oxygens (including phenoxy) is 3. The molecule has 0 aliphatic heterocycles. The third-order valence-electron chi connectivity index (χ3n) is 5.79. The first kappa shape index (κ1) is 24.3. The van der Waals surface area contributed by atoms with E-state index in [9.17, 15) is 27.9 Å². The third-order valence-corrected chi connectivity index (χ3v) is 5.79. The topological polar surface area (TPSA) is 94.9 Å². The van der Waals surface area contributed by atoms with E-state index < -0.39 is 35.5 Å². The van der Waals surface area contributed by atoms with Crippen molar-refractivity contribution in [3.63, 3.8) is 0 Å². The number of hydrogen-bond acceptors (Lipinski definition) is 7. The molecular formula is C22H26F3NO6. The number of ketones is 2. The Balaban J connectivity index is 1.85. The number of carbonyl (C=O) groups excluding carboxylic acids is 2. The molecule has 7 nitrogen and oxygen atoms in total. The van der Waals surface area contributed by atoms with E-state index in [0.29, 0.717) is 31.7 Å². The molecule has 2 aliphatic rings. The molecule has 2 bridgehead atoms. The number of rotatable bonds is 9. The summed E-state index contributed by atoms with van der Waals surface area (Å²) in [7, 11) is 1.49. The van der Waals surface area contributed by atoms with E-state index in [2.05, 4.69) is 4.98 Å². The van der Waals surface area contributed by atoms with Crippen LogP contribution in [0.25, 0.3) is 5.76 Å². The summed E-state index contributed by atoms with van der Waals surface area (Å²) in [5.41, 5.74) is -1.86. The van der Waals surface area contributed by atoms with Crippen molar-refractivity contribution in [1.82, 2.24) is 4.98 Å². The van der Waals surface area contributed by atoms with Gasteiger partial charge in [0.1, 0.15) is 17.0 Å². The molecule has 2 aliphatic carbocycles. The maximum atomic E-state index is 13.2. The Bertz CT molecular complexity index is 870. The molecular weight excluding hydrogens is 431 g/mol. The Morgan fingerprint density at radius 3 is 2.41 bits per heavy atom. The van der Waals surface area contributed by atoms with Crippen molar-refractivity contribution in [2.45, 2.75) is 51.7 Å². The number of fused-ring (bicyclic) bond motifs is 2. The van der Waals surface area contributed by atoms with Gasteiger partial charge in [-0.25, -0.2) is 4.98 Å². The number of allylic oxidation sites excluding steroid dienone is 1. The second-order valence-corrected chi connectivity index (χ2v) is 7.84. The van der Waals surface area contributed by atoms with Gasteiger partial charge in [-0.15, -0.1) is 0 Å². The summed E-state index contributed by atoms with van der Waals surface area (Å²) in [6.07, 6.45) is -2.94. The number of halogens is 3. The first-order chi connectivity index (χ1) is 15.2. The van der Waals surface area contributed by atoms with Gasteiger partial charge < -0.3 is 19.3 Å². The molecule has 0 aromatic carbocycles. The van der Waals surface area contributed by atoms with Crippen LogP contribution in [0.15, 0.2) is 17.7 Å². The van der Waals surface area contributed by atoms with Gasteiger partial charge in [0.05, 0.1) is 25.5 Å². The number of methoxy groups -OCH3 is 1. The molecule has 2 saturated carbocycles. The summed E-state index contributed by atoms with van der Waals surface area (Å²) < 4.78 is 55.4. The number of hydrogen-bond donors (Lipinski definition) is 1. The number of carbonyl (C=O) groups is 2. The number of aromatic nitrogens is 1. The number of alkyl halides is 3. The zero-order valence-electron chi connectivity index (χ0n) is 17.9. The fourth-order valence-electron chi connectivity index (χ4n) is 4.10. The zero-order chi connectivity index (χ0) is 23.5. The molecule has 32 heavy (non-hydrogen) atoms. The lowest BCUT2D eigenvalue weighted by Crippen LogP contribution is -2.30. The quantitative estimate of drug-likeness (QED) is 0.198. The van der Waals surface area contributed by atoms with Crippen molar-refractivity contribution in [1.29, 1.82) is 0 Å². The Hall–Kier alpha value is -2.30. The van der Waals surface area contributed by atoms with Gasteiger partial charge in [-0.1, -0.05) is 6.92 Å². The maximum Gasteiger partial charge on any atom is 0.433 e. The highest BCUT2D eigenvalue weighted by atomic mass is 19.4. The molecule has 176 valence electrons. The second kappa shape index (κ2) is 10.1. The van der Waals surface area contributed by atoms with Crippen LogP contribution in [-0.4, -0.2) is 48.3 Å². The summed E-state index contributed by atoms with van der Waals surface area (Å²) in [6, 6.07) is 1.72. The molecule has 3 rings (SSSR count). The lowest BCUT2D eigenvalue weighted by atomic mass is 9.81. The summed E-state index contributed by atoms with van der Waals surface area (Å²) in [5, 5.41) is 10.8. The first-order valence-electron chi connectivity index (χ1n) is 10.5. The Labute approximate surface area is 183 Å². The Kier molecular flexibility index (Phi) is 7.68. The summed E-state index contributed by atoms with van der Waals surface area (Å²) in [5.74, 6) is -2.26. The van der Waals surface area contributed by atoms with Crippen molar-refractivity contribution >= 4 is 17.3 Å². The maximum absolute atomic E-state index is 13.2. The number of nitrogens with zero attached hydrogens (tertiary/aromatic N) is 1. The number of aliphatic hydroxyl groups is 1. The molecule has 2 fully saturated rings. The molecule has 1 N–H and O–H groups in total. The largest absolute Gasteiger partial charge is 0.506 e. The normalized spacial score (nSPS) is 21.8. The van der Waals surface area contributed by atoms with Crippen molar-refractivity contribution in [2.75, 3.05) is 20.3 Å². The van der Waals surface area contributed by atoms with Crippen molar-refractivity contribution in [2.24, 2.45) is 11.8 Å². The van der Waals surface area contributed by atoms with E-state index in [1.165, 1.54) is 7.11 Å². The zero-order valence-corrected chi connectivity index (χ0v) is 17.9. The number of pyridine rings is 1. The molecule has 3 unspecified atom stereocenters. The average Bonchev–Trinajstić information content (AvgIpc) is 3.21. The van der Waals surface area contributed by atoms with Crippen LogP contribution in [0, 0.1) is 11.8 Å². The van der Waals surface area contributed by atoms with Crippen LogP contribution in [0.2, 0.25) is 0 Å². The molecule has 10 heteroatoms. The SMILES string of the molecule is CCC(OC)OCCOCc1nc(C(F)(F)F)ccc1C(O)=C1C(=O)C2CCC(C2)C1=O. The van der Waals surface area contributed by atoms with E-state index in [-0.39, 0.29) is 48.5 Å². The van der Waals surface area contributed by atoms with E-state index in [1.54, 1.807) is 0 Å². The molecule has 1 aromatic heterocycles. The molecule has 0 saturated heterocycles. The van der Waals surface area contributed by atoms with Gasteiger partial charge >= 0.3 is 6.18 Å². The lowest BCUT2D eigenvalue weighted by Gasteiger charge is -2.21. The second-order valence-electron chi connectivity index (χ2n) is 7.84. The molecule has 3 atom stereocenters. The van der Waals surface area contributed by atoms with Gasteiger partial charge in [0.25, 0.3) is 0 Å². The predicted octanol–water partition coefficient (Wildman–Crippen LogP) is 3.85. The summed E-state index contributed by atoms with van der Waals surface area (Å²) in [4.78, 5) is 28.9. The Morgan fingerprint density at radius 2 is 1.84 bits per heavy atom. The molecule has 1 aromatic rings. The molecule has 0 spiro atoms. The van der Waals surface area contributed by atoms with Crippen LogP contribution in [0.5, 0.6) is 0 Å². The smallest absolute Gasteiger partial charge is 0.433 e. The fraction of sp³-hybridized carbons (Fsp3) is 0.591. The average molecular weight is 457 g/mol. The summed E-state index contributed by atoms with van der Waals surface area (Å²) in [6.45, 7) is 1.66. The predicted molar refractivity (Wildman–Crippen MR) is 106 cm³/mol. The van der Waals surface area contributed by atoms with Crippen LogP contribution in [0.1, 0.15) is 49.6 Å². The number of Topliss-reactive ketones (excluding diaryl/α,β-unsaturated/α-hetero) is 2. The molecule has 0 amide bonds. The van der Waals surface area contributed by atoms with E-state index >= 15 is 0 Å². The van der Waals surface area contributed by atoms with Gasteiger partial charge in [-0.05, 0) is 37.8 Å². The monoisotopic (exact) mass is 457 g/mol. The molecule has 0 radical (unpaired) electrons. The van der Waals surface area contributed by atoms with E-state index in [1.807, 2.05) is 6.92 Å². The highest BCUT2D eigenvalue weighted by molar-refractivity contribution is 6.27. The van der Waals surface area contributed by atoms with Gasteiger partial charge in [-0.2, -0.15) is 13.2 Å². The van der Waals surface area contributed by atoms with Crippen LogP contribution in [0.4, 0.5) is 13.2 Å². The number of aliphatic hydroxyl groups excluding tert-OH is 1. The van der Waals surface area contributed by atoms with Crippen LogP contribution in [0.3, 0.4) is 0 Å². The van der Waals surface area contributed by atoms with Crippen molar-refractivity contribution in [3.8, 4) is 0 Å². The minimum Gasteiger partial charge on any atom is -0.506 e. The van der Waals surface area contributed by atoms with E-state index in [4.69, 9.17) is 14.2 Å².